The van der Waals surface area contributed by atoms with Gasteiger partial charge in [-0.2, -0.15) is 5.10 Å². The van der Waals surface area contributed by atoms with E-state index in [9.17, 15) is 4.79 Å². The number of fused-ring (bicyclic) bond motifs is 1. The lowest BCUT2D eigenvalue weighted by Gasteiger charge is -2.08. The maximum absolute atomic E-state index is 10.9. The maximum atomic E-state index is 10.9. The summed E-state index contributed by atoms with van der Waals surface area (Å²) in [5.74, 6) is -0.864. The molecule has 0 saturated heterocycles. The second kappa shape index (κ2) is 4.53. The maximum Gasteiger partial charge on any atom is 0.307 e. The Morgan fingerprint density at radius 3 is 2.89 bits per heavy atom. The van der Waals surface area contributed by atoms with Crippen LogP contribution in [0.2, 0.25) is 0 Å². The topological polar surface area (TPSA) is 68.0 Å². The number of hydrogen-bond acceptors (Lipinski definition) is 3. The van der Waals surface area contributed by atoms with E-state index in [1.54, 1.807) is 23.1 Å². The van der Waals surface area contributed by atoms with Crippen molar-refractivity contribution in [3.63, 3.8) is 0 Å². The molecule has 2 aromatic heterocycles. The summed E-state index contributed by atoms with van der Waals surface area (Å²) >= 11 is 0. The van der Waals surface area contributed by atoms with E-state index in [0.717, 1.165) is 16.7 Å². The van der Waals surface area contributed by atoms with Crippen molar-refractivity contribution in [3.05, 3.63) is 54.4 Å². The first-order valence-corrected chi connectivity index (χ1v) is 5.84. The molecule has 94 valence electrons. The van der Waals surface area contributed by atoms with Gasteiger partial charge < -0.3 is 5.11 Å². The smallest absolute Gasteiger partial charge is 0.307 e. The molecule has 1 aromatic carbocycles. The van der Waals surface area contributed by atoms with Crippen molar-refractivity contribution in [1.29, 1.82) is 0 Å². The van der Waals surface area contributed by atoms with Gasteiger partial charge in [0.15, 0.2) is 5.65 Å². The zero-order chi connectivity index (χ0) is 13.2. The molecular formula is C14H11N3O2. The summed E-state index contributed by atoms with van der Waals surface area (Å²) in [7, 11) is 0. The highest BCUT2D eigenvalue weighted by Gasteiger charge is 2.11. The van der Waals surface area contributed by atoms with Gasteiger partial charge in [0.1, 0.15) is 0 Å². The minimum absolute atomic E-state index is 0.0373. The van der Waals surface area contributed by atoms with Crippen molar-refractivity contribution in [3.8, 4) is 5.69 Å². The summed E-state index contributed by atoms with van der Waals surface area (Å²) in [6.45, 7) is 0. The minimum atomic E-state index is -0.864. The van der Waals surface area contributed by atoms with E-state index >= 15 is 0 Å². The Balaban J connectivity index is 2.19. The van der Waals surface area contributed by atoms with Crippen molar-refractivity contribution in [1.82, 2.24) is 14.8 Å². The molecule has 0 atom stereocenters. The monoisotopic (exact) mass is 253 g/mol. The molecule has 0 amide bonds. The van der Waals surface area contributed by atoms with Gasteiger partial charge in [0.2, 0.25) is 0 Å². The van der Waals surface area contributed by atoms with Crippen molar-refractivity contribution in [2.45, 2.75) is 6.42 Å². The highest BCUT2D eigenvalue weighted by molar-refractivity contribution is 5.77. The zero-order valence-electron chi connectivity index (χ0n) is 10.0. The van der Waals surface area contributed by atoms with Crippen LogP contribution in [-0.4, -0.2) is 25.8 Å². The number of aliphatic carboxylic acids is 1. The van der Waals surface area contributed by atoms with Crippen molar-refractivity contribution >= 4 is 17.0 Å². The summed E-state index contributed by atoms with van der Waals surface area (Å²) in [6.07, 6.45) is 3.38. The van der Waals surface area contributed by atoms with Gasteiger partial charge in [-0.25, -0.2) is 9.67 Å². The number of para-hydroxylation sites is 1. The first-order chi connectivity index (χ1) is 9.25. The van der Waals surface area contributed by atoms with Crippen LogP contribution in [0.25, 0.3) is 16.7 Å². The van der Waals surface area contributed by atoms with Gasteiger partial charge in [-0.05, 0) is 23.8 Å². The van der Waals surface area contributed by atoms with Crippen molar-refractivity contribution in [2.75, 3.05) is 0 Å². The molecule has 0 spiro atoms. The number of carbonyl (C=O) groups is 1. The first-order valence-electron chi connectivity index (χ1n) is 5.84. The fourth-order valence-corrected chi connectivity index (χ4v) is 2.07. The van der Waals surface area contributed by atoms with Crippen LogP contribution in [0.5, 0.6) is 0 Å². The number of nitrogens with zero attached hydrogens (tertiary/aromatic N) is 3. The molecule has 2 heterocycles. The molecule has 0 fully saturated rings. The van der Waals surface area contributed by atoms with E-state index in [-0.39, 0.29) is 6.42 Å². The molecule has 19 heavy (non-hydrogen) atoms. The predicted molar refractivity (Wildman–Crippen MR) is 70.2 cm³/mol. The number of carboxylic acid groups (broad SMARTS) is 1. The SMILES string of the molecule is O=C(O)Cc1ccccc1-n1ncc2cccnc21. The third kappa shape index (κ3) is 2.06. The highest BCUT2D eigenvalue weighted by Crippen LogP contribution is 2.19. The molecule has 0 aliphatic carbocycles. The lowest BCUT2D eigenvalue weighted by atomic mass is 10.1. The molecule has 0 aliphatic rings. The van der Waals surface area contributed by atoms with E-state index in [1.165, 1.54) is 0 Å². The Morgan fingerprint density at radius 1 is 1.21 bits per heavy atom. The largest absolute Gasteiger partial charge is 0.481 e. The first kappa shape index (κ1) is 11.4. The molecule has 3 aromatic rings. The molecule has 1 N–H and O–H groups in total. The number of carboxylic acids is 1. The summed E-state index contributed by atoms with van der Waals surface area (Å²) in [5.41, 5.74) is 2.18. The number of hydrogen-bond donors (Lipinski definition) is 1. The van der Waals surface area contributed by atoms with E-state index < -0.39 is 5.97 Å². The van der Waals surface area contributed by atoms with Crippen LogP contribution in [0.15, 0.2) is 48.8 Å². The molecule has 3 rings (SSSR count). The summed E-state index contributed by atoms with van der Waals surface area (Å²) in [6, 6.07) is 11.1. The normalized spacial score (nSPS) is 10.7. The van der Waals surface area contributed by atoms with Crippen LogP contribution in [0.4, 0.5) is 0 Å². The van der Waals surface area contributed by atoms with Crippen molar-refractivity contribution in [2.24, 2.45) is 0 Å². The van der Waals surface area contributed by atoms with Crippen LogP contribution in [0, 0.1) is 0 Å². The van der Waals surface area contributed by atoms with E-state index in [2.05, 4.69) is 10.1 Å². The van der Waals surface area contributed by atoms with Gasteiger partial charge in [-0.3, -0.25) is 4.79 Å². The Labute approximate surface area is 109 Å². The quantitative estimate of drug-likeness (QED) is 0.775. The second-order valence-electron chi connectivity index (χ2n) is 4.17. The lowest BCUT2D eigenvalue weighted by Crippen LogP contribution is -2.06. The molecule has 0 saturated carbocycles. The third-order valence-corrected chi connectivity index (χ3v) is 2.89. The molecule has 0 unspecified atom stereocenters. The number of aromatic nitrogens is 3. The van der Waals surface area contributed by atoms with E-state index in [4.69, 9.17) is 5.11 Å². The van der Waals surface area contributed by atoms with Gasteiger partial charge in [-0.15, -0.1) is 0 Å². The summed E-state index contributed by atoms with van der Waals surface area (Å²) < 4.78 is 1.67. The fourth-order valence-electron chi connectivity index (χ4n) is 2.07. The van der Waals surface area contributed by atoms with Gasteiger partial charge in [0.25, 0.3) is 0 Å². The van der Waals surface area contributed by atoms with Crippen LogP contribution in [-0.2, 0) is 11.2 Å². The van der Waals surface area contributed by atoms with Crippen molar-refractivity contribution < 1.29 is 9.90 Å². The number of rotatable bonds is 3. The Kier molecular flexibility index (Phi) is 2.72. The average molecular weight is 253 g/mol. The van der Waals surface area contributed by atoms with Crippen LogP contribution in [0.1, 0.15) is 5.56 Å². The second-order valence-corrected chi connectivity index (χ2v) is 4.17. The molecule has 0 aliphatic heterocycles. The van der Waals surface area contributed by atoms with E-state index in [1.807, 2.05) is 30.3 Å². The number of pyridine rings is 1. The Hall–Kier alpha value is -2.69. The minimum Gasteiger partial charge on any atom is -0.481 e. The fraction of sp³-hybridized carbons (Fsp3) is 0.0714. The van der Waals surface area contributed by atoms with Crippen LogP contribution >= 0.6 is 0 Å². The molecule has 5 heteroatoms. The Morgan fingerprint density at radius 2 is 2.05 bits per heavy atom. The molecule has 5 nitrogen and oxygen atoms in total. The third-order valence-electron chi connectivity index (χ3n) is 2.89. The average Bonchev–Trinajstić information content (AvgIpc) is 2.82. The lowest BCUT2D eigenvalue weighted by molar-refractivity contribution is -0.136. The van der Waals surface area contributed by atoms with Gasteiger partial charge >= 0.3 is 5.97 Å². The van der Waals surface area contributed by atoms with Crippen LogP contribution < -0.4 is 0 Å². The predicted octanol–water partition coefficient (Wildman–Crippen LogP) is 2.05. The Bertz CT molecular complexity index is 749. The van der Waals surface area contributed by atoms with Gasteiger partial charge in [0.05, 0.1) is 18.3 Å². The number of benzene rings is 1. The van der Waals surface area contributed by atoms with Gasteiger partial charge in [0, 0.05) is 11.6 Å². The molecular weight excluding hydrogens is 242 g/mol. The summed E-state index contributed by atoms with van der Waals surface area (Å²) in [4.78, 5) is 15.2. The molecule has 0 radical (unpaired) electrons. The molecule has 0 bridgehead atoms. The zero-order valence-corrected chi connectivity index (χ0v) is 10.0. The van der Waals surface area contributed by atoms with Crippen LogP contribution in [0.3, 0.4) is 0 Å². The standard InChI is InChI=1S/C14H11N3O2/c18-13(19)8-10-4-1-2-6-12(10)17-14-11(9-16-17)5-3-7-15-14/h1-7,9H,8H2,(H,18,19). The highest BCUT2D eigenvalue weighted by atomic mass is 16.4. The summed E-state index contributed by atoms with van der Waals surface area (Å²) in [5, 5.41) is 14.2. The van der Waals surface area contributed by atoms with Gasteiger partial charge in [-0.1, -0.05) is 18.2 Å². The van der Waals surface area contributed by atoms with E-state index in [0.29, 0.717) is 5.56 Å².